The molecule has 0 bridgehead atoms. The van der Waals surface area contributed by atoms with Gasteiger partial charge in [0.05, 0.1) is 18.4 Å². The Balaban J connectivity index is 1.59. The summed E-state index contributed by atoms with van der Waals surface area (Å²) < 4.78 is 15.3. The van der Waals surface area contributed by atoms with Gasteiger partial charge in [-0.1, -0.05) is 0 Å². The maximum Gasteiger partial charge on any atom is 0.338 e. The van der Waals surface area contributed by atoms with Crippen LogP contribution in [0.15, 0.2) is 53.3 Å². The summed E-state index contributed by atoms with van der Waals surface area (Å²) in [5, 5.41) is 12.6. The number of anilines is 2. The molecule has 0 aliphatic carbocycles. The van der Waals surface area contributed by atoms with E-state index in [9.17, 15) is 14.4 Å². The Morgan fingerprint density at radius 3 is 2.47 bits per heavy atom. The molecule has 3 rings (SSSR count). The molecule has 2 amide bonds. The van der Waals surface area contributed by atoms with E-state index in [-0.39, 0.29) is 11.5 Å². The summed E-state index contributed by atoms with van der Waals surface area (Å²) in [4.78, 5) is 35.6. The SMILES string of the molecule is COc1ccc(NC(C)=O)cc1NC(=O)COC(=O)c1ccc(-c2nnco2)cc1. The number of esters is 1. The summed E-state index contributed by atoms with van der Waals surface area (Å²) in [6, 6.07) is 11.1. The highest BCUT2D eigenvalue weighted by molar-refractivity contribution is 5.97. The highest BCUT2D eigenvalue weighted by Crippen LogP contribution is 2.27. The maximum atomic E-state index is 12.2. The van der Waals surface area contributed by atoms with Gasteiger partial charge in [-0.05, 0) is 42.5 Å². The van der Waals surface area contributed by atoms with Crippen LogP contribution in [0.25, 0.3) is 11.5 Å². The van der Waals surface area contributed by atoms with Gasteiger partial charge in [0.25, 0.3) is 5.91 Å². The van der Waals surface area contributed by atoms with Crippen LogP contribution in [0.5, 0.6) is 5.75 Å². The first-order valence-corrected chi connectivity index (χ1v) is 8.75. The summed E-state index contributed by atoms with van der Waals surface area (Å²) in [6.45, 7) is 0.869. The van der Waals surface area contributed by atoms with Crippen molar-refractivity contribution in [3.63, 3.8) is 0 Å². The molecular weight excluding hydrogens is 392 g/mol. The normalized spacial score (nSPS) is 10.2. The number of amides is 2. The largest absolute Gasteiger partial charge is 0.495 e. The number of hydrogen-bond donors (Lipinski definition) is 2. The van der Waals surface area contributed by atoms with Crippen molar-refractivity contribution in [2.45, 2.75) is 6.92 Å². The van der Waals surface area contributed by atoms with Gasteiger partial charge >= 0.3 is 5.97 Å². The molecule has 0 aliphatic rings. The third-order valence-corrected chi connectivity index (χ3v) is 3.86. The molecule has 0 fully saturated rings. The molecule has 10 nitrogen and oxygen atoms in total. The lowest BCUT2D eigenvalue weighted by Crippen LogP contribution is -2.21. The molecule has 0 atom stereocenters. The second-order valence-electron chi connectivity index (χ2n) is 6.04. The number of aromatic nitrogens is 2. The summed E-state index contributed by atoms with van der Waals surface area (Å²) in [6.07, 6.45) is 1.21. The summed E-state index contributed by atoms with van der Waals surface area (Å²) >= 11 is 0. The van der Waals surface area contributed by atoms with Gasteiger partial charge in [-0.15, -0.1) is 10.2 Å². The van der Waals surface area contributed by atoms with E-state index in [0.29, 0.717) is 28.6 Å². The predicted octanol–water partition coefficient (Wildman–Crippen LogP) is 2.50. The number of nitrogens with zero attached hydrogens (tertiary/aromatic N) is 2. The molecular formula is C20H18N4O6. The quantitative estimate of drug-likeness (QED) is 0.568. The number of nitrogens with one attached hydrogen (secondary N) is 2. The number of hydrogen-bond acceptors (Lipinski definition) is 8. The number of carbonyl (C=O) groups is 3. The van der Waals surface area contributed by atoms with Crippen molar-refractivity contribution in [1.82, 2.24) is 10.2 Å². The minimum absolute atomic E-state index is 0.253. The summed E-state index contributed by atoms with van der Waals surface area (Å²) in [7, 11) is 1.45. The first-order valence-electron chi connectivity index (χ1n) is 8.75. The van der Waals surface area contributed by atoms with Gasteiger partial charge in [-0.25, -0.2) is 4.79 Å². The van der Waals surface area contributed by atoms with Crippen molar-refractivity contribution in [2.75, 3.05) is 24.4 Å². The molecule has 10 heteroatoms. The van der Waals surface area contributed by atoms with E-state index in [0.717, 1.165) is 0 Å². The van der Waals surface area contributed by atoms with E-state index in [4.69, 9.17) is 13.9 Å². The molecule has 154 valence electrons. The molecule has 1 heterocycles. The standard InChI is InChI=1S/C20H18N4O6/c1-12(25)22-15-7-8-17(28-2)16(9-15)23-18(26)10-29-20(27)14-5-3-13(4-6-14)19-24-21-11-30-19/h3-9,11H,10H2,1-2H3,(H,22,25)(H,23,26). The molecule has 0 aliphatic heterocycles. The lowest BCUT2D eigenvalue weighted by atomic mass is 10.1. The Labute approximate surface area is 171 Å². The minimum Gasteiger partial charge on any atom is -0.495 e. The number of rotatable bonds is 7. The summed E-state index contributed by atoms with van der Waals surface area (Å²) in [5.74, 6) is -0.771. The molecule has 2 aromatic carbocycles. The Morgan fingerprint density at radius 2 is 1.83 bits per heavy atom. The van der Waals surface area contributed by atoms with Crippen LogP contribution in [0.4, 0.5) is 11.4 Å². The van der Waals surface area contributed by atoms with Gasteiger partial charge in [-0.2, -0.15) is 0 Å². The average molecular weight is 410 g/mol. The minimum atomic E-state index is -0.666. The molecule has 1 aromatic heterocycles. The van der Waals surface area contributed by atoms with E-state index < -0.39 is 18.5 Å². The van der Waals surface area contributed by atoms with Crippen LogP contribution in [0.3, 0.4) is 0 Å². The van der Waals surface area contributed by atoms with Gasteiger partial charge in [0.2, 0.25) is 18.2 Å². The fourth-order valence-electron chi connectivity index (χ4n) is 2.54. The third-order valence-electron chi connectivity index (χ3n) is 3.86. The Bertz CT molecular complexity index is 1050. The lowest BCUT2D eigenvalue weighted by molar-refractivity contribution is -0.119. The Morgan fingerprint density at radius 1 is 1.07 bits per heavy atom. The van der Waals surface area contributed by atoms with Crippen LogP contribution >= 0.6 is 0 Å². The Hall–Kier alpha value is -4.21. The average Bonchev–Trinajstić information content (AvgIpc) is 3.27. The molecule has 0 unspecified atom stereocenters. The van der Waals surface area contributed by atoms with E-state index in [1.54, 1.807) is 24.3 Å². The zero-order valence-electron chi connectivity index (χ0n) is 16.2. The monoisotopic (exact) mass is 410 g/mol. The number of benzene rings is 2. The van der Waals surface area contributed by atoms with Crippen molar-refractivity contribution < 1.29 is 28.3 Å². The molecule has 0 radical (unpaired) electrons. The van der Waals surface area contributed by atoms with Crippen molar-refractivity contribution in [1.29, 1.82) is 0 Å². The van der Waals surface area contributed by atoms with Gasteiger partial charge in [0.15, 0.2) is 6.61 Å². The van der Waals surface area contributed by atoms with Crippen molar-refractivity contribution in [3.05, 3.63) is 54.4 Å². The van der Waals surface area contributed by atoms with E-state index in [1.807, 2.05) is 0 Å². The third kappa shape index (κ3) is 5.19. The van der Waals surface area contributed by atoms with Crippen molar-refractivity contribution in [2.24, 2.45) is 0 Å². The topological polar surface area (TPSA) is 133 Å². The van der Waals surface area contributed by atoms with Crippen molar-refractivity contribution in [3.8, 4) is 17.2 Å². The first kappa shape index (κ1) is 20.5. The van der Waals surface area contributed by atoms with Crippen LogP contribution in [0, 0.1) is 0 Å². The molecule has 0 saturated heterocycles. The summed E-state index contributed by atoms with van der Waals surface area (Å²) in [5.41, 5.74) is 1.72. The highest BCUT2D eigenvalue weighted by Gasteiger charge is 2.14. The lowest BCUT2D eigenvalue weighted by Gasteiger charge is -2.12. The fraction of sp³-hybridized carbons (Fsp3) is 0.150. The second-order valence-corrected chi connectivity index (χ2v) is 6.04. The molecule has 2 N–H and O–H groups in total. The molecule has 0 spiro atoms. The Kier molecular flexibility index (Phi) is 6.38. The number of carbonyl (C=O) groups excluding carboxylic acids is 3. The van der Waals surface area contributed by atoms with Crippen molar-refractivity contribution >= 4 is 29.2 Å². The van der Waals surface area contributed by atoms with Gasteiger partial charge in [0, 0.05) is 18.2 Å². The van der Waals surface area contributed by atoms with Crippen LogP contribution in [0.2, 0.25) is 0 Å². The first-order chi connectivity index (χ1) is 14.5. The fourth-order valence-corrected chi connectivity index (χ4v) is 2.54. The molecule has 30 heavy (non-hydrogen) atoms. The van der Waals surface area contributed by atoms with E-state index >= 15 is 0 Å². The van der Waals surface area contributed by atoms with Gasteiger partial charge in [-0.3, -0.25) is 9.59 Å². The number of methoxy groups -OCH3 is 1. The predicted molar refractivity (Wildman–Crippen MR) is 106 cm³/mol. The van der Waals surface area contributed by atoms with Crippen LogP contribution in [0.1, 0.15) is 17.3 Å². The number of ether oxygens (including phenoxy) is 2. The maximum absolute atomic E-state index is 12.2. The van der Waals surface area contributed by atoms with Crippen LogP contribution < -0.4 is 15.4 Å². The highest BCUT2D eigenvalue weighted by atomic mass is 16.5. The van der Waals surface area contributed by atoms with Crippen LogP contribution in [-0.4, -0.2) is 41.7 Å². The van der Waals surface area contributed by atoms with Gasteiger partial charge in [0.1, 0.15) is 5.75 Å². The van der Waals surface area contributed by atoms with Crippen LogP contribution in [-0.2, 0) is 14.3 Å². The zero-order valence-corrected chi connectivity index (χ0v) is 16.2. The molecule has 3 aromatic rings. The molecule has 0 saturated carbocycles. The second kappa shape index (κ2) is 9.32. The van der Waals surface area contributed by atoms with E-state index in [1.165, 1.54) is 38.6 Å². The van der Waals surface area contributed by atoms with E-state index in [2.05, 4.69) is 20.8 Å². The van der Waals surface area contributed by atoms with Gasteiger partial charge < -0.3 is 24.5 Å². The smallest absolute Gasteiger partial charge is 0.338 e. The zero-order chi connectivity index (χ0) is 21.5.